The van der Waals surface area contributed by atoms with E-state index in [1.807, 2.05) is 0 Å². The SMILES string of the molecule is C#CCCC(NC)C1CC2CCC1C2. The molecule has 0 heterocycles. The molecule has 1 nitrogen and oxygen atoms in total. The van der Waals surface area contributed by atoms with Gasteiger partial charge in [0.15, 0.2) is 0 Å². The van der Waals surface area contributed by atoms with E-state index in [0.29, 0.717) is 6.04 Å². The van der Waals surface area contributed by atoms with E-state index in [-0.39, 0.29) is 0 Å². The molecule has 0 aromatic carbocycles. The predicted molar refractivity (Wildman–Crippen MR) is 59.9 cm³/mol. The van der Waals surface area contributed by atoms with Crippen molar-refractivity contribution < 1.29 is 0 Å². The van der Waals surface area contributed by atoms with Crippen LogP contribution in [-0.2, 0) is 0 Å². The molecule has 14 heavy (non-hydrogen) atoms. The monoisotopic (exact) mass is 191 g/mol. The van der Waals surface area contributed by atoms with Crippen LogP contribution in [0.5, 0.6) is 0 Å². The first-order valence-electron chi connectivity index (χ1n) is 5.96. The van der Waals surface area contributed by atoms with Gasteiger partial charge in [-0.2, -0.15) is 0 Å². The highest BCUT2D eigenvalue weighted by Gasteiger charge is 2.42. The Morgan fingerprint density at radius 2 is 2.29 bits per heavy atom. The van der Waals surface area contributed by atoms with Crippen molar-refractivity contribution in [3.05, 3.63) is 0 Å². The third-order valence-corrected chi connectivity index (χ3v) is 4.28. The lowest BCUT2D eigenvalue weighted by atomic mass is 9.81. The fourth-order valence-electron chi connectivity index (χ4n) is 3.60. The molecule has 0 amide bonds. The minimum Gasteiger partial charge on any atom is -0.317 e. The van der Waals surface area contributed by atoms with Gasteiger partial charge in [-0.1, -0.05) is 6.42 Å². The molecule has 1 N–H and O–H groups in total. The van der Waals surface area contributed by atoms with Crippen molar-refractivity contribution >= 4 is 0 Å². The van der Waals surface area contributed by atoms with Crippen LogP contribution < -0.4 is 5.32 Å². The van der Waals surface area contributed by atoms with Crippen molar-refractivity contribution in [2.75, 3.05) is 7.05 Å². The Hall–Kier alpha value is -0.480. The summed E-state index contributed by atoms with van der Waals surface area (Å²) in [6.07, 6.45) is 13.4. The molecule has 0 aromatic rings. The van der Waals surface area contributed by atoms with Gasteiger partial charge in [-0.3, -0.25) is 0 Å². The summed E-state index contributed by atoms with van der Waals surface area (Å²) in [6, 6.07) is 0.682. The third-order valence-electron chi connectivity index (χ3n) is 4.28. The quantitative estimate of drug-likeness (QED) is 0.673. The second kappa shape index (κ2) is 4.36. The first-order valence-corrected chi connectivity index (χ1v) is 5.96. The molecular weight excluding hydrogens is 170 g/mol. The zero-order valence-electron chi connectivity index (χ0n) is 9.13. The van der Waals surface area contributed by atoms with Crippen LogP contribution in [0.2, 0.25) is 0 Å². The molecule has 2 aliphatic carbocycles. The summed E-state index contributed by atoms with van der Waals surface area (Å²) >= 11 is 0. The minimum atomic E-state index is 0.682. The predicted octanol–water partition coefficient (Wildman–Crippen LogP) is 2.42. The first-order chi connectivity index (χ1) is 6.85. The standard InChI is InChI=1S/C13H21N/c1-3-4-5-13(14-2)12-9-10-6-7-11(12)8-10/h1,10-14H,4-9H2,2H3. The Labute approximate surface area is 87.7 Å². The fraction of sp³-hybridized carbons (Fsp3) is 0.846. The highest BCUT2D eigenvalue weighted by atomic mass is 14.9. The third kappa shape index (κ3) is 1.81. The molecule has 2 aliphatic rings. The summed E-state index contributed by atoms with van der Waals surface area (Å²) in [4.78, 5) is 0. The number of rotatable bonds is 4. The molecule has 4 unspecified atom stereocenters. The van der Waals surface area contributed by atoms with Gasteiger partial charge in [-0.05, 0) is 50.5 Å². The molecule has 0 aromatic heterocycles. The van der Waals surface area contributed by atoms with Crippen molar-refractivity contribution in [2.24, 2.45) is 17.8 Å². The Balaban J connectivity index is 1.89. The molecule has 2 bridgehead atoms. The molecule has 78 valence electrons. The van der Waals surface area contributed by atoms with Gasteiger partial charge in [0.05, 0.1) is 0 Å². The largest absolute Gasteiger partial charge is 0.317 e. The molecule has 0 aliphatic heterocycles. The van der Waals surface area contributed by atoms with Gasteiger partial charge in [0, 0.05) is 12.5 Å². The normalized spacial score (nSPS) is 37.0. The molecule has 0 radical (unpaired) electrons. The molecular formula is C13H21N. The van der Waals surface area contributed by atoms with Gasteiger partial charge >= 0.3 is 0 Å². The highest BCUT2D eigenvalue weighted by molar-refractivity contribution is 4.96. The summed E-state index contributed by atoms with van der Waals surface area (Å²) in [5.41, 5.74) is 0. The molecule has 4 atom stereocenters. The average Bonchev–Trinajstić information content (AvgIpc) is 2.80. The maximum absolute atomic E-state index is 5.33. The van der Waals surface area contributed by atoms with Crippen molar-refractivity contribution in [3.63, 3.8) is 0 Å². The van der Waals surface area contributed by atoms with Crippen LogP contribution in [0.3, 0.4) is 0 Å². The van der Waals surface area contributed by atoms with Crippen molar-refractivity contribution in [1.29, 1.82) is 0 Å². The molecule has 2 saturated carbocycles. The smallest absolute Gasteiger partial charge is 0.0104 e. The summed E-state index contributed by atoms with van der Waals surface area (Å²) in [7, 11) is 2.09. The highest BCUT2D eigenvalue weighted by Crippen LogP contribution is 2.49. The van der Waals surface area contributed by atoms with E-state index in [2.05, 4.69) is 18.3 Å². The van der Waals surface area contributed by atoms with Gasteiger partial charge in [0.1, 0.15) is 0 Å². The van der Waals surface area contributed by atoms with Gasteiger partial charge in [0.25, 0.3) is 0 Å². The maximum Gasteiger partial charge on any atom is 0.0104 e. The Kier molecular flexibility index (Phi) is 3.13. The van der Waals surface area contributed by atoms with Crippen LogP contribution in [-0.4, -0.2) is 13.1 Å². The summed E-state index contributed by atoms with van der Waals surface area (Å²) in [5, 5.41) is 3.47. The number of hydrogen-bond donors (Lipinski definition) is 1. The van der Waals surface area contributed by atoms with E-state index in [9.17, 15) is 0 Å². The Morgan fingerprint density at radius 3 is 2.79 bits per heavy atom. The Bertz CT molecular complexity index is 228. The fourth-order valence-corrected chi connectivity index (χ4v) is 3.60. The molecule has 0 saturated heterocycles. The van der Waals surface area contributed by atoms with Gasteiger partial charge in [-0.15, -0.1) is 12.3 Å². The van der Waals surface area contributed by atoms with Crippen LogP contribution in [0, 0.1) is 30.1 Å². The van der Waals surface area contributed by atoms with Gasteiger partial charge in [-0.25, -0.2) is 0 Å². The van der Waals surface area contributed by atoms with Crippen LogP contribution in [0.15, 0.2) is 0 Å². The summed E-state index contributed by atoms with van der Waals surface area (Å²) in [5.74, 6) is 5.74. The molecule has 2 fully saturated rings. The van der Waals surface area contributed by atoms with Gasteiger partial charge in [0.2, 0.25) is 0 Å². The molecule has 2 rings (SSSR count). The van der Waals surface area contributed by atoms with Crippen LogP contribution >= 0.6 is 0 Å². The van der Waals surface area contributed by atoms with Crippen LogP contribution in [0.4, 0.5) is 0 Å². The van der Waals surface area contributed by atoms with Crippen LogP contribution in [0.1, 0.15) is 38.5 Å². The van der Waals surface area contributed by atoms with Crippen molar-refractivity contribution in [2.45, 2.75) is 44.6 Å². The lowest BCUT2D eigenvalue weighted by Gasteiger charge is -2.30. The van der Waals surface area contributed by atoms with E-state index in [1.54, 1.807) is 0 Å². The average molecular weight is 191 g/mol. The zero-order chi connectivity index (χ0) is 9.97. The second-order valence-electron chi connectivity index (χ2n) is 4.98. The second-order valence-corrected chi connectivity index (χ2v) is 4.98. The number of terminal acetylenes is 1. The lowest BCUT2D eigenvalue weighted by Crippen LogP contribution is -2.36. The summed E-state index contributed by atoms with van der Waals surface area (Å²) in [6.45, 7) is 0. The van der Waals surface area contributed by atoms with Crippen molar-refractivity contribution in [3.8, 4) is 12.3 Å². The van der Waals surface area contributed by atoms with Gasteiger partial charge < -0.3 is 5.32 Å². The van der Waals surface area contributed by atoms with E-state index < -0.39 is 0 Å². The van der Waals surface area contributed by atoms with E-state index in [0.717, 1.165) is 24.2 Å². The molecule has 0 spiro atoms. The number of fused-ring (bicyclic) bond motifs is 2. The maximum atomic E-state index is 5.33. The minimum absolute atomic E-state index is 0.682. The Morgan fingerprint density at radius 1 is 1.43 bits per heavy atom. The van der Waals surface area contributed by atoms with E-state index >= 15 is 0 Å². The van der Waals surface area contributed by atoms with Crippen molar-refractivity contribution in [1.82, 2.24) is 5.32 Å². The molecule has 1 heteroatoms. The number of hydrogen-bond acceptors (Lipinski definition) is 1. The summed E-state index contributed by atoms with van der Waals surface area (Å²) < 4.78 is 0. The van der Waals surface area contributed by atoms with Crippen LogP contribution in [0.25, 0.3) is 0 Å². The van der Waals surface area contributed by atoms with E-state index in [1.165, 1.54) is 32.1 Å². The lowest BCUT2D eigenvalue weighted by molar-refractivity contribution is 0.249. The number of nitrogens with one attached hydrogen (secondary N) is 1. The topological polar surface area (TPSA) is 12.0 Å². The zero-order valence-corrected chi connectivity index (χ0v) is 9.13. The first kappa shape index (κ1) is 10.1. The van der Waals surface area contributed by atoms with E-state index in [4.69, 9.17) is 6.42 Å².